The second kappa shape index (κ2) is 6.52. The Bertz CT molecular complexity index is 542. The van der Waals surface area contributed by atoms with Crippen LogP contribution in [0.15, 0.2) is 43.0 Å². The number of hydrogen-bond donors (Lipinski definition) is 1. The van der Waals surface area contributed by atoms with Crippen molar-refractivity contribution in [2.24, 2.45) is 5.73 Å². The molecule has 2 N–H and O–H groups in total. The highest BCUT2D eigenvalue weighted by Gasteiger charge is 2.35. The molecule has 0 amide bonds. The lowest BCUT2D eigenvalue weighted by molar-refractivity contribution is 0.176. The first-order valence-corrected chi connectivity index (χ1v) is 8.60. The van der Waals surface area contributed by atoms with Crippen LogP contribution in [0.2, 0.25) is 0 Å². The van der Waals surface area contributed by atoms with E-state index in [0.717, 1.165) is 18.5 Å². The zero-order valence-electron chi connectivity index (χ0n) is 11.6. The van der Waals surface area contributed by atoms with E-state index in [-0.39, 0.29) is 11.8 Å². The van der Waals surface area contributed by atoms with Gasteiger partial charge in [-0.25, -0.2) is 8.42 Å². The van der Waals surface area contributed by atoms with E-state index >= 15 is 0 Å². The molecule has 1 fully saturated rings. The van der Waals surface area contributed by atoms with Crippen molar-refractivity contribution in [2.45, 2.75) is 30.8 Å². The Morgan fingerprint density at radius 1 is 1.35 bits per heavy atom. The first-order valence-electron chi connectivity index (χ1n) is 6.89. The summed E-state index contributed by atoms with van der Waals surface area (Å²) in [5.74, 6) is 0.00960. The van der Waals surface area contributed by atoms with Crippen LogP contribution in [0, 0.1) is 0 Å². The predicted molar refractivity (Wildman–Crippen MR) is 81.8 cm³/mol. The molecule has 5 heteroatoms. The van der Waals surface area contributed by atoms with Crippen LogP contribution in [0.5, 0.6) is 0 Å². The third-order valence-electron chi connectivity index (χ3n) is 3.69. The molecule has 20 heavy (non-hydrogen) atoms. The van der Waals surface area contributed by atoms with E-state index in [1.807, 2.05) is 35.2 Å². The van der Waals surface area contributed by atoms with Crippen LogP contribution in [0.25, 0.3) is 0 Å². The topological polar surface area (TPSA) is 63.4 Å². The molecule has 110 valence electrons. The molecule has 1 saturated heterocycles. The fourth-order valence-electron chi connectivity index (χ4n) is 2.65. The quantitative estimate of drug-likeness (QED) is 0.837. The number of rotatable bonds is 5. The second-order valence-electron chi connectivity index (χ2n) is 5.31. The van der Waals surface area contributed by atoms with Crippen LogP contribution in [0.1, 0.15) is 18.4 Å². The summed E-state index contributed by atoms with van der Waals surface area (Å²) in [7, 11) is -3.21. The minimum atomic E-state index is -3.21. The van der Waals surface area contributed by atoms with Gasteiger partial charge in [0.25, 0.3) is 0 Å². The largest absolute Gasteiger partial charge is 0.328 e. The van der Waals surface area contributed by atoms with Crippen LogP contribution < -0.4 is 5.73 Å². The minimum absolute atomic E-state index is 0.00960. The Morgan fingerprint density at radius 3 is 2.70 bits per heavy atom. The zero-order chi connectivity index (χ0) is 14.6. The lowest BCUT2D eigenvalue weighted by Crippen LogP contribution is -2.50. The van der Waals surface area contributed by atoms with Gasteiger partial charge in [0.1, 0.15) is 5.37 Å². The number of nitrogens with zero attached hydrogens (tertiary/aromatic N) is 1. The lowest BCUT2D eigenvalue weighted by atomic mass is 10.0. The van der Waals surface area contributed by atoms with Gasteiger partial charge in [-0.2, -0.15) is 0 Å². The van der Waals surface area contributed by atoms with Gasteiger partial charge in [0.05, 0.1) is 5.75 Å². The Labute approximate surface area is 121 Å². The number of likely N-dealkylation sites (tertiary alicyclic amines) is 1. The molecule has 1 heterocycles. The van der Waals surface area contributed by atoms with Crippen LogP contribution in [-0.2, 0) is 16.4 Å². The first kappa shape index (κ1) is 15.2. The summed E-state index contributed by atoms with van der Waals surface area (Å²) >= 11 is 0. The Balaban J connectivity index is 2.18. The van der Waals surface area contributed by atoms with Gasteiger partial charge < -0.3 is 5.73 Å². The standard InChI is InChI=1S/C15H22N2O2S/c1-2-10-20(18,19)15-11-14(16)8-9-17(15)12-13-6-4-3-5-7-13/h2-7,14-15H,1,8-12,16H2. The van der Waals surface area contributed by atoms with Crippen LogP contribution >= 0.6 is 0 Å². The maximum absolute atomic E-state index is 12.4. The third kappa shape index (κ3) is 3.69. The van der Waals surface area contributed by atoms with Gasteiger partial charge >= 0.3 is 0 Å². The van der Waals surface area contributed by atoms with Crippen molar-refractivity contribution in [2.75, 3.05) is 12.3 Å². The highest BCUT2D eigenvalue weighted by atomic mass is 32.2. The average Bonchev–Trinajstić information content (AvgIpc) is 2.42. The molecule has 2 atom stereocenters. The third-order valence-corrected chi connectivity index (χ3v) is 5.71. The number of piperidine rings is 1. The summed E-state index contributed by atoms with van der Waals surface area (Å²) in [6.07, 6.45) is 2.80. The van der Waals surface area contributed by atoms with Crippen LogP contribution in [0.4, 0.5) is 0 Å². The van der Waals surface area contributed by atoms with Crippen molar-refractivity contribution < 1.29 is 8.42 Å². The van der Waals surface area contributed by atoms with E-state index in [4.69, 9.17) is 5.73 Å². The summed E-state index contributed by atoms with van der Waals surface area (Å²) in [6.45, 7) is 4.91. The Hall–Kier alpha value is -1.17. The molecule has 0 spiro atoms. The van der Waals surface area contributed by atoms with Crippen molar-refractivity contribution in [1.29, 1.82) is 0 Å². The SMILES string of the molecule is C=CCS(=O)(=O)C1CC(N)CCN1Cc1ccccc1. The minimum Gasteiger partial charge on any atom is -0.328 e. The van der Waals surface area contributed by atoms with E-state index in [2.05, 4.69) is 6.58 Å². The summed E-state index contributed by atoms with van der Waals surface area (Å²) in [6, 6.07) is 9.90. The summed E-state index contributed by atoms with van der Waals surface area (Å²) < 4.78 is 24.7. The Kier molecular flexibility index (Phi) is 4.96. The highest BCUT2D eigenvalue weighted by molar-refractivity contribution is 7.92. The second-order valence-corrected chi connectivity index (χ2v) is 7.52. The molecule has 4 nitrogen and oxygen atoms in total. The van der Waals surface area contributed by atoms with E-state index in [1.165, 1.54) is 6.08 Å². The predicted octanol–water partition coefficient (Wildman–Crippen LogP) is 1.54. The van der Waals surface area contributed by atoms with E-state index < -0.39 is 15.2 Å². The molecule has 0 radical (unpaired) electrons. The zero-order valence-corrected chi connectivity index (χ0v) is 12.4. The molecular weight excluding hydrogens is 272 g/mol. The fourth-order valence-corrected chi connectivity index (χ4v) is 4.37. The van der Waals surface area contributed by atoms with Crippen LogP contribution in [0.3, 0.4) is 0 Å². The molecule has 0 aliphatic carbocycles. The molecular formula is C15H22N2O2S. The number of nitrogens with two attached hydrogens (primary N) is 1. The fraction of sp³-hybridized carbons (Fsp3) is 0.467. The van der Waals surface area contributed by atoms with Crippen LogP contribution in [-0.4, -0.2) is 37.0 Å². The summed E-state index contributed by atoms with van der Waals surface area (Å²) in [5.41, 5.74) is 7.08. The lowest BCUT2D eigenvalue weighted by Gasteiger charge is -2.37. The molecule has 1 aromatic carbocycles. The normalized spacial score (nSPS) is 24.4. The monoisotopic (exact) mass is 294 g/mol. The Morgan fingerprint density at radius 2 is 2.05 bits per heavy atom. The van der Waals surface area contributed by atoms with E-state index in [0.29, 0.717) is 13.0 Å². The van der Waals surface area contributed by atoms with Crippen molar-refractivity contribution in [3.8, 4) is 0 Å². The number of sulfone groups is 1. The maximum Gasteiger partial charge on any atom is 0.169 e. The van der Waals surface area contributed by atoms with Crippen molar-refractivity contribution in [1.82, 2.24) is 4.90 Å². The summed E-state index contributed by atoms with van der Waals surface area (Å²) in [4.78, 5) is 2.03. The summed E-state index contributed by atoms with van der Waals surface area (Å²) in [5, 5.41) is -0.496. The highest BCUT2D eigenvalue weighted by Crippen LogP contribution is 2.23. The van der Waals surface area contributed by atoms with Gasteiger partial charge in [0.15, 0.2) is 9.84 Å². The average molecular weight is 294 g/mol. The van der Waals surface area contributed by atoms with Gasteiger partial charge in [-0.3, -0.25) is 4.90 Å². The molecule has 2 rings (SSSR count). The van der Waals surface area contributed by atoms with E-state index in [9.17, 15) is 8.42 Å². The molecule has 0 saturated carbocycles. The van der Waals surface area contributed by atoms with Gasteiger partial charge in [0, 0.05) is 19.1 Å². The molecule has 0 aromatic heterocycles. The smallest absolute Gasteiger partial charge is 0.169 e. The molecule has 1 aliphatic rings. The van der Waals surface area contributed by atoms with Crippen molar-refractivity contribution in [3.05, 3.63) is 48.6 Å². The molecule has 2 unspecified atom stereocenters. The van der Waals surface area contributed by atoms with Gasteiger partial charge in [-0.15, -0.1) is 6.58 Å². The van der Waals surface area contributed by atoms with E-state index in [1.54, 1.807) is 0 Å². The maximum atomic E-state index is 12.4. The number of hydrogen-bond acceptors (Lipinski definition) is 4. The number of benzene rings is 1. The first-order chi connectivity index (χ1) is 9.53. The molecule has 0 bridgehead atoms. The van der Waals surface area contributed by atoms with Gasteiger partial charge in [-0.05, 0) is 18.4 Å². The van der Waals surface area contributed by atoms with Gasteiger partial charge in [0.2, 0.25) is 0 Å². The molecule has 1 aromatic rings. The molecule has 1 aliphatic heterocycles. The van der Waals surface area contributed by atoms with Crippen molar-refractivity contribution >= 4 is 9.84 Å². The van der Waals surface area contributed by atoms with Crippen molar-refractivity contribution in [3.63, 3.8) is 0 Å². The van der Waals surface area contributed by atoms with Gasteiger partial charge in [-0.1, -0.05) is 36.4 Å².